The van der Waals surface area contributed by atoms with E-state index in [4.69, 9.17) is 56.1 Å². The van der Waals surface area contributed by atoms with E-state index in [9.17, 15) is 13.9 Å². The van der Waals surface area contributed by atoms with Crippen LogP contribution in [0.25, 0.3) is 22.3 Å². The molecule has 3 saturated heterocycles. The Balaban J connectivity index is 0.975. The molecule has 7 heterocycles. The molecule has 0 bridgehead atoms. The van der Waals surface area contributed by atoms with Crippen molar-refractivity contribution in [1.29, 1.82) is 0 Å². The van der Waals surface area contributed by atoms with Gasteiger partial charge in [-0.05, 0) is 65.8 Å². The number of anilines is 2. The molecule has 20 nitrogen and oxygen atoms in total. The molecule has 3 aliphatic heterocycles. The molecule has 2 aromatic carbocycles. The zero-order valence-electron chi connectivity index (χ0n) is 33.6. The van der Waals surface area contributed by atoms with Gasteiger partial charge in [0.2, 0.25) is 7.57 Å². The molecule has 0 aliphatic carbocycles. The molecule has 334 valence electrons. The second-order valence-electron chi connectivity index (χ2n) is 14.7. The molecule has 0 saturated carbocycles. The monoisotopic (exact) mass is 939 g/mol. The summed E-state index contributed by atoms with van der Waals surface area (Å²) in [6.07, 6.45) is -7.70. The maximum Gasteiger partial charge on any atom is 0.389 e. The first-order valence-electron chi connectivity index (χ1n) is 19.7. The summed E-state index contributed by atoms with van der Waals surface area (Å²) in [5.74, 6) is 0.236. The number of rotatable bonds is 10. The number of carbonyl (C=O) groups excluding carboxylic acids is 1. The summed E-state index contributed by atoms with van der Waals surface area (Å²) in [6, 6.07) is 14.4. The molecule has 0 spiro atoms. The predicted molar refractivity (Wildman–Crippen MR) is 227 cm³/mol. The molecule has 9 rings (SSSR count). The lowest BCUT2D eigenvalue weighted by Crippen LogP contribution is -2.37. The maximum atomic E-state index is 16.8. The Hall–Kier alpha value is -5.03. The fraction of sp³-hybridized carbons (Fsp3) is 0.368. The van der Waals surface area contributed by atoms with Crippen LogP contribution >= 0.6 is 25.7 Å². The second kappa shape index (κ2) is 18.1. The van der Waals surface area contributed by atoms with E-state index in [0.29, 0.717) is 34.9 Å². The van der Waals surface area contributed by atoms with Crippen LogP contribution in [0.15, 0.2) is 79.8 Å². The zero-order chi connectivity index (χ0) is 44.8. The van der Waals surface area contributed by atoms with E-state index < -0.39 is 82.7 Å². The molecule has 3 fully saturated rings. The van der Waals surface area contributed by atoms with Crippen molar-refractivity contribution in [2.24, 2.45) is 0 Å². The Bertz CT molecular complexity index is 2760. The quantitative estimate of drug-likeness (QED) is 0.0686. The number of nitrogens with zero attached hydrogens (tertiary/aromatic N) is 7. The molecule has 4 N–H and O–H groups in total. The number of ether oxygens (including phenoxy) is 4. The van der Waals surface area contributed by atoms with E-state index in [1.807, 2.05) is 6.92 Å². The highest BCUT2D eigenvalue weighted by molar-refractivity contribution is 8.54. The molecule has 2 radical (unpaired) electrons. The Kier molecular flexibility index (Phi) is 12.5. The van der Waals surface area contributed by atoms with Crippen molar-refractivity contribution in [3.8, 4) is 11.5 Å². The number of hydrogen-bond donors (Lipinski definition) is 2. The van der Waals surface area contributed by atoms with Gasteiger partial charge in [0.15, 0.2) is 41.9 Å². The van der Waals surface area contributed by atoms with Crippen molar-refractivity contribution in [3.05, 3.63) is 90.9 Å². The number of esters is 1. The Morgan fingerprint density at radius 3 is 2.14 bits per heavy atom. The van der Waals surface area contributed by atoms with Crippen molar-refractivity contribution in [1.82, 2.24) is 34.1 Å². The fourth-order valence-electron chi connectivity index (χ4n) is 7.22. The highest BCUT2D eigenvalue weighted by Gasteiger charge is 2.54. The number of carbonyl (C=O) groups is 1. The van der Waals surface area contributed by atoms with Gasteiger partial charge in [-0.25, -0.2) is 43.1 Å². The normalized spacial score (nSPS) is 29.7. The third kappa shape index (κ3) is 8.98. The van der Waals surface area contributed by atoms with Crippen molar-refractivity contribution in [2.45, 2.75) is 68.3 Å². The summed E-state index contributed by atoms with van der Waals surface area (Å²) in [6.45, 7) is -3.45. The Morgan fingerprint density at radius 2 is 1.45 bits per heavy atom. The first-order valence-corrected chi connectivity index (χ1v) is 24.5. The van der Waals surface area contributed by atoms with Crippen LogP contribution in [0.3, 0.4) is 0 Å². The van der Waals surface area contributed by atoms with Gasteiger partial charge in [-0.3, -0.25) is 22.7 Å². The van der Waals surface area contributed by atoms with Gasteiger partial charge in [-0.1, -0.05) is 19.1 Å². The van der Waals surface area contributed by atoms with Crippen LogP contribution in [0.2, 0.25) is 0 Å². The van der Waals surface area contributed by atoms with Gasteiger partial charge in [-0.15, -0.1) is 0 Å². The lowest BCUT2D eigenvalue weighted by Gasteiger charge is -2.30. The van der Waals surface area contributed by atoms with E-state index in [2.05, 4.69) is 24.9 Å². The standard InChI is InChI=1S/C38H38BF2N9O11P2S/c1-2-13-54-22-9-5-21(6-10-22)38(51)57-23-7-3-20(4-8-23)16-64-63(53)56-15-26-31(27(40)36(59-26)50-19-48-30-33(43)45-17-46-35(30)50)60-62(39,52)55-14-25-32(61-63)28(41)37(58-25)49-18-47-29-24(42)11-12-44-34(29)49/h3-12,17-19,25-28,31-32,36-37H,2,13-16H2,1H3,(H2,42,44)(H2,43,45,46)/t25-,26-,27-,28-,31-,32-,36-,37-,62+,63-/m1/s1. The van der Waals surface area contributed by atoms with Gasteiger partial charge >= 0.3 is 12.8 Å². The molecule has 10 atom stereocenters. The summed E-state index contributed by atoms with van der Waals surface area (Å²) in [7, 11) is 1.33. The van der Waals surface area contributed by atoms with Crippen LogP contribution in [-0.2, 0) is 42.5 Å². The fourth-order valence-corrected chi connectivity index (χ4v) is 11.6. The number of fused-ring (bicyclic) bond motifs is 4. The summed E-state index contributed by atoms with van der Waals surface area (Å²) in [5.41, 5.74) is 13.9. The summed E-state index contributed by atoms with van der Waals surface area (Å²) < 4.78 is 111. The molecule has 3 aliphatic rings. The van der Waals surface area contributed by atoms with Crippen LogP contribution in [-0.4, -0.2) is 104 Å². The van der Waals surface area contributed by atoms with Crippen molar-refractivity contribution in [2.75, 3.05) is 31.3 Å². The van der Waals surface area contributed by atoms with Crippen molar-refractivity contribution >= 4 is 73.0 Å². The molecule has 64 heavy (non-hydrogen) atoms. The van der Waals surface area contributed by atoms with Gasteiger partial charge in [0.25, 0.3) is 7.47 Å². The number of halogens is 2. The van der Waals surface area contributed by atoms with Crippen molar-refractivity contribution < 1.29 is 59.7 Å². The third-order valence-corrected chi connectivity index (χ3v) is 15.1. The topological polar surface area (TPSA) is 251 Å². The summed E-state index contributed by atoms with van der Waals surface area (Å²) >= 11 is 0.683. The van der Waals surface area contributed by atoms with Crippen LogP contribution in [0.5, 0.6) is 11.5 Å². The van der Waals surface area contributed by atoms with E-state index in [1.165, 1.54) is 34.1 Å². The Morgan fingerprint density at radius 1 is 0.828 bits per heavy atom. The predicted octanol–water partition coefficient (Wildman–Crippen LogP) is 6.05. The summed E-state index contributed by atoms with van der Waals surface area (Å²) in [5, 5.41) is 0. The molecular weight excluding hydrogens is 901 g/mol. The van der Waals surface area contributed by atoms with Crippen LogP contribution < -0.4 is 20.9 Å². The minimum atomic E-state index is -4.68. The number of benzene rings is 2. The number of hydrogen-bond acceptors (Lipinski definition) is 19. The molecular formula is C38H38BF2N9O11P2S. The first kappa shape index (κ1) is 44.2. The maximum absolute atomic E-state index is 16.8. The van der Waals surface area contributed by atoms with E-state index in [0.717, 1.165) is 12.7 Å². The smallest absolute Gasteiger partial charge is 0.389 e. The van der Waals surface area contributed by atoms with Crippen molar-refractivity contribution in [3.63, 3.8) is 0 Å². The van der Waals surface area contributed by atoms with E-state index in [1.54, 1.807) is 48.5 Å². The molecule has 4 aromatic heterocycles. The summed E-state index contributed by atoms with van der Waals surface area (Å²) in [4.78, 5) is 33.6. The number of nitrogen functional groups attached to an aromatic ring is 2. The van der Waals surface area contributed by atoms with Crippen LogP contribution in [0.4, 0.5) is 20.3 Å². The van der Waals surface area contributed by atoms with Gasteiger partial charge in [0, 0.05) is 11.9 Å². The molecule has 0 unspecified atom stereocenters. The van der Waals surface area contributed by atoms with Crippen LogP contribution in [0.1, 0.15) is 41.7 Å². The van der Waals surface area contributed by atoms with Gasteiger partial charge in [-0.2, -0.15) is 0 Å². The minimum Gasteiger partial charge on any atom is -0.494 e. The third-order valence-electron chi connectivity index (χ3n) is 10.4. The lowest BCUT2D eigenvalue weighted by molar-refractivity contribution is -0.0546. The molecule has 0 amide bonds. The first-order chi connectivity index (χ1) is 30.8. The minimum absolute atomic E-state index is 0.0240. The number of alkyl halides is 2. The van der Waals surface area contributed by atoms with E-state index in [-0.39, 0.29) is 45.3 Å². The number of nitrogens with two attached hydrogens (primary N) is 2. The largest absolute Gasteiger partial charge is 0.494 e. The van der Waals surface area contributed by atoms with E-state index >= 15 is 8.78 Å². The number of imidazole rings is 2. The van der Waals surface area contributed by atoms with Gasteiger partial charge < -0.3 is 39.5 Å². The average Bonchev–Trinajstić information content (AvgIpc) is 4.06. The zero-order valence-corrected chi connectivity index (χ0v) is 36.2. The highest BCUT2D eigenvalue weighted by Crippen LogP contribution is 2.65. The van der Waals surface area contributed by atoms with Crippen LogP contribution in [0, 0.1) is 0 Å². The number of pyridine rings is 1. The highest BCUT2D eigenvalue weighted by atomic mass is 32.7. The van der Waals surface area contributed by atoms with Gasteiger partial charge in [0.1, 0.15) is 53.3 Å². The Labute approximate surface area is 367 Å². The average molecular weight is 940 g/mol. The molecule has 6 aromatic rings. The molecule has 26 heteroatoms. The number of aromatic nitrogens is 7. The second-order valence-corrected chi connectivity index (χ2v) is 20.3. The SMILES string of the molecule is [B][P@]1(=O)OC[C@H]2O[C@@H](n3cnc4c(N)ccnc43)[C@H](F)[C@@H]2O[P@](=O)(SCc2ccc(OC(=O)c3ccc(OCCC)cc3)cc2)OC[C@H]2O[C@@H](n3cnc4c(N)ncnc43)[C@H](F)[C@@H]2O1. The van der Waals surface area contributed by atoms with Gasteiger partial charge in [0.05, 0.1) is 43.7 Å². The lowest BCUT2D eigenvalue weighted by atomic mass is 10.1.